The van der Waals surface area contributed by atoms with Gasteiger partial charge in [0.2, 0.25) is 0 Å². The second-order valence-electron chi connectivity index (χ2n) is 9.11. The highest BCUT2D eigenvalue weighted by molar-refractivity contribution is 5.69. The number of aliphatic hydroxyl groups excluding tert-OH is 4. The topological polar surface area (TPSA) is 135 Å². The lowest BCUT2D eigenvalue weighted by Crippen LogP contribution is -2.59. The summed E-state index contributed by atoms with van der Waals surface area (Å²) >= 11 is 0. The monoisotopic (exact) mass is 540 g/mol. The Hall–Kier alpha value is -1.85. The second-order valence-corrected chi connectivity index (χ2v) is 9.11. The normalized spacial score (nSPS) is 25.3. The lowest BCUT2D eigenvalue weighted by Gasteiger charge is -2.39. The number of unbranched alkanes of at least 4 members (excludes halogenated alkanes) is 1. The lowest BCUT2D eigenvalue weighted by molar-refractivity contribution is -0.305. The summed E-state index contributed by atoms with van der Waals surface area (Å²) in [6.45, 7) is 3.87. The number of carbonyl (C=O) groups is 1. The van der Waals surface area contributed by atoms with Crippen molar-refractivity contribution in [3.63, 3.8) is 0 Å². The quantitative estimate of drug-likeness (QED) is 0.104. The van der Waals surface area contributed by atoms with Gasteiger partial charge in [-0.1, -0.05) is 62.5 Å². The lowest BCUT2D eigenvalue weighted by atomic mass is 9.99. The molecular formula is C29H48O9. The molecule has 0 spiro atoms. The van der Waals surface area contributed by atoms with E-state index in [0.717, 1.165) is 38.5 Å². The Kier molecular flexibility index (Phi) is 19.8. The Morgan fingerprint density at radius 3 is 2.11 bits per heavy atom. The van der Waals surface area contributed by atoms with Crippen LogP contribution in [0.2, 0.25) is 0 Å². The summed E-state index contributed by atoms with van der Waals surface area (Å²) in [6.07, 6.45) is 16.0. The van der Waals surface area contributed by atoms with Gasteiger partial charge in [0.05, 0.1) is 19.8 Å². The third-order valence-corrected chi connectivity index (χ3v) is 5.73. The molecule has 1 heterocycles. The number of hydrogen-bond donors (Lipinski definition) is 4. The molecule has 6 unspecified atom stereocenters. The highest BCUT2D eigenvalue weighted by Crippen LogP contribution is 2.22. The Morgan fingerprint density at radius 1 is 0.868 bits per heavy atom. The van der Waals surface area contributed by atoms with Crippen molar-refractivity contribution in [2.75, 3.05) is 26.4 Å². The van der Waals surface area contributed by atoms with Gasteiger partial charge < -0.3 is 39.4 Å². The van der Waals surface area contributed by atoms with Crippen LogP contribution in [0.1, 0.15) is 65.2 Å². The Labute approximate surface area is 227 Å². The summed E-state index contributed by atoms with van der Waals surface area (Å²) in [5.41, 5.74) is 0. The van der Waals surface area contributed by atoms with Gasteiger partial charge >= 0.3 is 5.97 Å². The van der Waals surface area contributed by atoms with Crippen molar-refractivity contribution < 1.29 is 44.2 Å². The van der Waals surface area contributed by atoms with Crippen LogP contribution in [0, 0.1) is 0 Å². The van der Waals surface area contributed by atoms with Crippen LogP contribution < -0.4 is 0 Å². The molecule has 1 aliphatic heterocycles. The van der Waals surface area contributed by atoms with Gasteiger partial charge in [-0.05, 0) is 44.9 Å². The van der Waals surface area contributed by atoms with E-state index >= 15 is 0 Å². The molecule has 0 amide bonds. The molecule has 0 radical (unpaired) electrons. The van der Waals surface area contributed by atoms with Crippen LogP contribution >= 0.6 is 0 Å². The first kappa shape index (κ1) is 34.2. The van der Waals surface area contributed by atoms with Crippen LogP contribution in [0.15, 0.2) is 48.6 Å². The first-order valence-corrected chi connectivity index (χ1v) is 13.7. The summed E-state index contributed by atoms with van der Waals surface area (Å²) in [5, 5.41) is 39.2. The number of rotatable bonds is 20. The molecule has 0 aromatic heterocycles. The number of hydrogen-bond acceptors (Lipinski definition) is 9. The Balaban J connectivity index is 2.32. The third kappa shape index (κ3) is 14.9. The minimum Gasteiger partial charge on any atom is -0.457 e. The van der Waals surface area contributed by atoms with E-state index in [-0.39, 0.29) is 19.6 Å². The summed E-state index contributed by atoms with van der Waals surface area (Å²) in [4.78, 5) is 12.0. The van der Waals surface area contributed by atoms with Crippen molar-refractivity contribution in [1.29, 1.82) is 0 Å². The predicted octanol–water partition coefficient (Wildman–Crippen LogP) is 3.12. The van der Waals surface area contributed by atoms with Crippen LogP contribution in [0.3, 0.4) is 0 Å². The minimum atomic E-state index is -1.54. The zero-order valence-electron chi connectivity index (χ0n) is 22.9. The van der Waals surface area contributed by atoms with Crippen LogP contribution in [0.4, 0.5) is 0 Å². The van der Waals surface area contributed by atoms with Gasteiger partial charge in [0.15, 0.2) is 6.29 Å². The number of esters is 1. The standard InChI is InChI=1S/C29H48O9/c1-3-5-6-7-8-9-10-11-12-13-14-15-16-17-19-35-21-23(37-25(31)18-4-2)22-36-29-28(34)27(33)26(32)24(20-30)38-29/h5-6,8-9,11-12,14-15,23-24,26-30,32-34H,3-4,7,10,13,16-22H2,1-2H3/b6-5-,9-8-,12-11-,15-14-. The zero-order chi connectivity index (χ0) is 28.0. The largest absolute Gasteiger partial charge is 0.457 e. The summed E-state index contributed by atoms with van der Waals surface area (Å²) in [7, 11) is 0. The van der Waals surface area contributed by atoms with Gasteiger partial charge in [-0.2, -0.15) is 0 Å². The van der Waals surface area contributed by atoms with E-state index in [9.17, 15) is 25.2 Å². The minimum absolute atomic E-state index is 0.0983. The Bertz CT molecular complexity index is 717. The van der Waals surface area contributed by atoms with E-state index in [2.05, 4.69) is 55.5 Å². The maximum atomic E-state index is 12.0. The van der Waals surface area contributed by atoms with Gasteiger partial charge in [-0.15, -0.1) is 0 Å². The summed E-state index contributed by atoms with van der Waals surface area (Å²) in [5.74, 6) is -0.390. The van der Waals surface area contributed by atoms with Gasteiger partial charge in [0.25, 0.3) is 0 Å². The van der Waals surface area contributed by atoms with Crippen molar-refractivity contribution in [3.8, 4) is 0 Å². The molecule has 0 aromatic rings. The molecule has 0 bridgehead atoms. The molecule has 1 fully saturated rings. The molecule has 218 valence electrons. The average molecular weight is 541 g/mol. The van der Waals surface area contributed by atoms with Crippen LogP contribution in [-0.2, 0) is 23.7 Å². The number of allylic oxidation sites excluding steroid dienone is 8. The smallest absolute Gasteiger partial charge is 0.306 e. The molecule has 6 atom stereocenters. The van der Waals surface area contributed by atoms with E-state index in [1.807, 2.05) is 6.92 Å². The highest BCUT2D eigenvalue weighted by atomic mass is 16.7. The van der Waals surface area contributed by atoms with E-state index in [1.54, 1.807) is 0 Å². The molecule has 0 aliphatic carbocycles. The van der Waals surface area contributed by atoms with Crippen LogP contribution in [-0.4, -0.2) is 89.6 Å². The fraction of sp³-hybridized carbons (Fsp3) is 0.690. The van der Waals surface area contributed by atoms with Gasteiger partial charge in [-0.25, -0.2) is 0 Å². The fourth-order valence-electron chi connectivity index (χ4n) is 3.59. The summed E-state index contributed by atoms with van der Waals surface area (Å²) < 4.78 is 22.0. The second kappa shape index (κ2) is 22.0. The molecular weight excluding hydrogens is 492 g/mol. The molecule has 1 aliphatic rings. The van der Waals surface area contributed by atoms with Crippen LogP contribution in [0.5, 0.6) is 0 Å². The van der Waals surface area contributed by atoms with Crippen LogP contribution in [0.25, 0.3) is 0 Å². The number of aliphatic hydroxyl groups is 4. The van der Waals surface area contributed by atoms with E-state index in [0.29, 0.717) is 13.0 Å². The molecule has 38 heavy (non-hydrogen) atoms. The summed E-state index contributed by atoms with van der Waals surface area (Å²) in [6, 6.07) is 0. The van der Waals surface area contributed by atoms with Crippen molar-refractivity contribution in [1.82, 2.24) is 0 Å². The molecule has 1 rings (SSSR count). The number of ether oxygens (including phenoxy) is 4. The predicted molar refractivity (Wildman–Crippen MR) is 145 cm³/mol. The Morgan fingerprint density at radius 2 is 1.50 bits per heavy atom. The molecule has 0 saturated carbocycles. The fourth-order valence-corrected chi connectivity index (χ4v) is 3.59. The van der Waals surface area contributed by atoms with Crippen molar-refractivity contribution in [2.45, 2.75) is 102 Å². The van der Waals surface area contributed by atoms with Crippen molar-refractivity contribution in [2.24, 2.45) is 0 Å². The van der Waals surface area contributed by atoms with E-state index in [4.69, 9.17) is 18.9 Å². The molecule has 9 heteroatoms. The van der Waals surface area contributed by atoms with E-state index < -0.39 is 49.4 Å². The SMILES string of the molecule is CC/C=C\C/C=C\C/C=C\C/C=C\CCCOCC(COC1OC(CO)C(O)C(O)C1O)OC(=O)CCC. The zero-order valence-corrected chi connectivity index (χ0v) is 22.9. The molecule has 1 saturated heterocycles. The van der Waals surface area contributed by atoms with Gasteiger partial charge in [-0.3, -0.25) is 4.79 Å². The average Bonchev–Trinajstić information content (AvgIpc) is 2.91. The van der Waals surface area contributed by atoms with Crippen molar-refractivity contribution >= 4 is 5.97 Å². The van der Waals surface area contributed by atoms with E-state index in [1.165, 1.54) is 0 Å². The van der Waals surface area contributed by atoms with Crippen molar-refractivity contribution in [3.05, 3.63) is 48.6 Å². The van der Waals surface area contributed by atoms with Gasteiger partial charge in [0, 0.05) is 13.0 Å². The van der Waals surface area contributed by atoms with Gasteiger partial charge in [0.1, 0.15) is 30.5 Å². The number of carbonyl (C=O) groups excluding carboxylic acids is 1. The third-order valence-electron chi connectivity index (χ3n) is 5.73. The molecule has 9 nitrogen and oxygen atoms in total. The first-order chi connectivity index (χ1) is 18.4. The maximum Gasteiger partial charge on any atom is 0.306 e. The maximum absolute atomic E-state index is 12.0. The molecule has 0 aromatic carbocycles. The molecule has 4 N–H and O–H groups in total. The highest BCUT2D eigenvalue weighted by Gasteiger charge is 2.44. The first-order valence-electron chi connectivity index (χ1n) is 13.7.